The van der Waals surface area contributed by atoms with Crippen molar-refractivity contribution in [3.05, 3.63) is 102 Å². The van der Waals surface area contributed by atoms with E-state index in [2.05, 4.69) is 42.3 Å². The Labute approximate surface area is 206 Å². The first-order chi connectivity index (χ1) is 17.2. The van der Waals surface area contributed by atoms with Crippen LogP contribution in [0, 0.1) is 0 Å². The highest BCUT2D eigenvalue weighted by Crippen LogP contribution is 2.34. The number of allylic oxidation sites excluding steroid dienone is 1. The maximum absolute atomic E-state index is 13.1. The molecule has 0 radical (unpaired) electrons. The molecule has 1 saturated heterocycles. The van der Waals surface area contributed by atoms with E-state index in [1.165, 1.54) is 5.56 Å². The van der Waals surface area contributed by atoms with E-state index in [9.17, 15) is 4.79 Å². The highest BCUT2D eigenvalue weighted by atomic mass is 16.5. The summed E-state index contributed by atoms with van der Waals surface area (Å²) in [6.45, 7) is 7.80. The predicted molar refractivity (Wildman–Crippen MR) is 141 cm³/mol. The average molecular weight is 466 g/mol. The number of hydrogen-bond acceptors (Lipinski definition) is 3. The molecule has 1 aliphatic heterocycles. The summed E-state index contributed by atoms with van der Waals surface area (Å²) >= 11 is 0. The molecule has 1 amide bonds. The standard InChI is InChI=1S/C30H31N3O2/c1-3-11-23-13-6-10-17-28(23)35-19-18-32-27-16-9-7-14-25(27)31-30(32)24-20-29(34)33(21-24)26-15-8-5-12-22(26)4-2/h3,5-10,12-17,24H,1,4,11,18-21H2,2H3. The van der Waals surface area contributed by atoms with Gasteiger partial charge in [-0.25, -0.2) is 4.98 Å². The lowest BCUT2D eigenvalue weighted by atomic mass is 10.1. The molecular weight excluding hydrogens is 434 g/mol. The normalized spacial score (nSPS) is 15.6. The summed E-state index contributed by atoms with van der Waals surface area (Å²) in [4.78, 5) is 20.0. The number of imidazole rings is 1. The second-order valence-corrected chi connectivity index (χ2v) is 8.95. The summed E-state index contributed by atoms with van der Waals surface area (Å²) in [6.07, 6.45) is 4.02. The van der Waals surface area contributed by atoms with Crippen LogP contribution in [0.4, 0.5) is 5.69 Å². The summed E-state index contributed by atoms with van der Waals surface area (Å²) in [5.41, 5.74) is 5.37. The van der Waals surface area contributed by atoms with Crippen molar-refractivity contribution in [3.63, 3.8) is 0 Å². The van der Waals surface area contributed by atoms with Crippen LogP contribution in [0.3, 0.4) is 0 Å². The monoisotopic (exact) mass is 465 g/mol. The molecule has 1 aliphatic rings. The first-order valence-corrected chi connectivity index (χ1v) is 12.3. The third kappa shape index (κ3) is 4.59. The third-order valence-corrected chi connectivity index (χ3v) is 6.75. The molecule has 0 aliphatic carbocycles. The van der Waals surface area contributed by atoms with Crippen molar-refractivity contribution in [1.82, 2.24) is 9.55 Å². The molecule has 3 aromatic carbocycles. The molecular formula is C30H31N3O2. The zero-order valence-corrected chi connectivity index (χ0v) is 20.2. The largest absolute Gasteiger partial charge is 0.491 e. The highest BCUT2D eigenvalue weighted by Gasteiger charge is 2.35. The fraction of sp³-hybridized carbons (Fsp3) is 0.267. The smallest absolute Gasteiger partial charge is 0.227 e. The van der Waals surface area contributed by atoms with E-state index >= 15 is 0 Å². The number of para-hydroxylation sites is 4. The van der Waals surface area contributed by atoms with Crippen molar-refractivity contribution in [2.75, 3.05) is 18.1 Å². The molecule has 5 rings (SSSR count). The van der Waals surface area contributed by atoms with Crippen LogP contribution in [0.25, 0.3) is 11.0 Å². The zero-order chi connectivity index (χ0) is 24.2. The minimum Gasteiger partial charge on any atom is -0.491 e. The molecule has 0 saturated carbocycles. The minimum atomic E-state index is 0.0351. The van der Waals surface area contributed by atoms with Crippen molar-refractivity contribution < 1.29 is 9.53 Å². The number of aryl methyl sites for hydroxylation is 1. The second-order valence-electron chi connectivity index (χ2n) is 8.95. The van der Waals surface area contributed by atoms with Gasteiger partial charge in [-0.3, -0.25) is 4.79 Å². The molecule has 1 atom stereocenters. The Morgan fingerprint density at radius 3 is 2.60 bits per heavy atom. The molecule has 178 valence electrons. The topological polar surface area (TPSA) is 47.4 Å². The molecule has 35 heavy (non-hydrogen) atoms. The van der Waals surface area contributed by atoms with Crippen LogP contribution in [0.1, 0.15) is 36.2 Å². The van der Waals surface area contributed by atoms with E-state index in [-0.39, 0.29) is 11.8 Å². The van der Waals surface area contributed by atoms with Gasteiger partial charge in [0.25, 0.3) is 0 Å². The minimum absolute atomic E-state index is 0.0351. The molecule has 1 fully saturated rings. The summed E-state index contributed by atoms with van der Waals surface area (Å²) < 4.78 is 8.43. The van der Waals surface area contributed by atoms with Gasteiger partial charge in [-0.1, -0.05) is 61.5 Å². The lowest BCUT2D eigenvalue weighted by Gasteiger charge is -2.20. The van der Waals surface area contributed by atoms with Crippen LogP contribution in [-0.4, -0.2) is 28.6 Å². The van der Waals surface area contributed by atoms with E-state index in [0.717, 1.165) is 46.7 Å². The Bertz CT molecular complexity index is 1360. The van der Waals surface area contributed by atoms with Crippen molar-refractivity contribution in [3.8, 4) is 5.75 Å². The molecule has 4 aromatic rings. The van der Waals surface area contributed by atoms with Gasteiger partial charge < -0.3 is 14.2 Å². The van der Waals surface area contributed by atoms with E-state index in [4.69, 9.17) is 9.72 Å². The average Bonchev–Trinajstić information content (AvgIpc) is 3.45. The number of benzene rings is 3. The molecule has 1 unspecified atom stereocenters. The Hall–Kier alpha value is -3.86. The second kappa shape index (κ2) is 10.2. The van der Waals surface area contributed by atoms with Gasteiger partial charge in [0.15, 0.2) is 0 Å². The first kappa shape index (κ1) is 22.9. The van der Waals surface area contributed by atoms with Crippen LogP contribution in [0.2, 0.25) is 0 Å². The number of nitrogens with zero attached hydrogens (tertiary/aromatic N) is 3. The number of amides is 1. The summed E-state index contributed by atoms with van der Waals surface area (Å²) in [7, 11) is 0. The molecule has 1 aromatic heterocycles. The third-order valence-electron chi connectivity index (χ3n) is 6.75. The van der Waals surface area contributed by atoms with Gasteiger partial charge >= 0.3 is 0 Å². The first-order valence-electron chi connectivity index (χ1n) is 12.3. The van der Waals surface area contributed by atoms with Gasteiger partial charge in [-0.05, 0) is 48.2 Å². The Morgan fingerprint density at radius 1 is 1.03 bits per heavy atom. The fourth-order valence-electron chi connectivity index (χ4n) is 5.04. The maximum Gasteiger partial charge on any atom is 0.227 e. The summed E-state index contributed by atoms with van der Waals surface area (Å²) in [6, 6.07) is 24.5. The molecule has 0 bridgehead atoms. The van der Waals surface area contributed by atoms with Crippen LogP contribution in [0.15, 0.2) is 85.5 Å². The summed E-state index contributed by atoms with van der Waals surface area (Å²) in [5.74, 6) is 2.03. The Balaban J connectivity index is 1.41. The SMILES string of the molecule is C=CCc1ccccc1OCCn1c(C2CC(=O)N(c3ccccc3CC)C2)nc2ccccc21. The quantitative estimate of drug-likeness (QED) is 0.288. The van der Waals surface area contributed by atoms with Crippen LogP contribution in [-0.2, 0) is 24.2 Å². The number of carbonyl (C=O) groups is 1. The van der Waals surface area contributed by atoms with Crippen LogP contribution < -0.4 is 9.64 Å². The number of aromatic nitrogens is 2. The Kier molecular flexibility index (Phi) is 6.66. The fourth-order valence-corrected chi connectivity index (χ4v) is 5.04. The van der Waals surface area contributed by atoms with Crippen LogP contribution in [0.5, 0.6) is 5.75 Å². The van der Waals surface area contributed by atoms with E-state index in [1.54, 1.807) is 0 Å². The number of ether oxygens (including phenoxy) is 1. The lowest BCUT2D eigenvalue weighted by Crippen LogP contribution is -2.25. The van der Waals surface area contributed by atoms with Gasteiger partial charge in [0.1, 0.15) is 18.2 Å². The molecule has 0 N–H and O–H groups in total. The van der Waals surface area contributed by atoms with Gasteiger partial charge in [0.2, 0.25) is 5.91 Å². The van der Waals surface area contributed by atoms with Gasteiger partial charge in [0.05, 0.1) is 17.6 Å². The predicted octanol–water partition coefficient (Wildman–Crippen LogP) is 5.93. The molecule has 5 heteroatoms. The van der Waals surface area contributed by atoms with E-state index in [1.807, 2.05) is 59.5 Å². The molecule has 0 spiro atoms. The number of hydrogen-bond donors (Lipinski definition) is 0. The molecule has 5 nitrogen and oxygen atoms in total. The number of rotatable bonds is 9. The summed E-state index contributed by atoms with van der Waals surface area (Å²) in [5, 5.41) is 0. The van der Waals surface area contributed by atoms with Gasteiger partial charge in [0, 0.05) is 24.6 Å². The lowest BCUT2D eigenvalue weighted by molar-refractivity contribution is -0.117. The van der Waals surface area contributed by atoms with Crippen molar-refractivity contribution in [2.45, 2.75) is 38.6 Å². The molecule has 2 heterocycles. The highest BCUT2D eigenvalue weighted by molar-refractivity contribution is 5.97. The maximum atomic E-state index is 13.1. The zero-order valence-electron chi connectivity index (χ0n) is 20.2. The van der Waals surface area contributed by atoms with Crippen LogP contribution >= 0.6 is 0 Å². The van der Waals surface area contributed by atoms with E-state index in [0.29, 0.717) is 26.1 Å². The van der Waals surface area contributed by atoms with Gasteiger partial charge in [-0.15, -0.1) is 6.58 Å². The van der Waals surface area contributed by atoms with Gasteiger partial charge in [-0.2, -0.15) is 0 Å². The number of anilines is 1. The van der Waals surface area contributed by atoms with Crippen molar-refractivity contribution in [2.24, 2.45) is 0 Å². The number of carbonyl (C=O) groups excluding carboxylic acids is 1. The Morgan fingerprint density at radius 2 is 1.77 bits per heavy atom. The number of fused-ring (bicyclic) bond motifs is 1. The van der Waals surface area contributed by atoms with Crippen molar-refractivity contribution in [1.29, 1.82) is 0 Å². The van der Waals surface area contributed by atoms with E-state index < -0.39 is 0 Å². The van der Waals surface area contributed by atoms with Crippen molar-refractivity contribution >= 4 is 22.6 Å².